The molecule has 0 aliphatic carbocycles. The van der Waals surface area contributed by atoms with Crippen molar-refractivity contribution in [2.24, 2.45) is 0 Å². The molecule has 0 spiro atoms. The number of pyridine rings is 1. The molecule has 0 bridgehead atoms. The van der Waals surface area contributed by atoms with E-state index in [-0.39, 0.29) is 5.82 Å². The van der Waals surface area contributed by atoms with E-state index in [2.05, 4.69) is 4.98 Å². The fraction of sp³-hybridized carbons (Fsp3) is 0.353. The molecule has 0 saturated carbocycles. The lowest BCUT2D eigenvalue weighted by molar-refractivity contribution is 0.00578. The van der Waals surface area contributed by atoms with Crippen LogP contribution in [0.4, 0.5) is 4.39 Å². The molecule has 0 radical (unpaired) electrons. The predicted molar refractivity (Wildman–Crippen MR) is 90.4 cm³/mol. The molecule has 0 N–H and O–H groups in total. The van der Waals surface area contributed by atoms with E-state index in [0.717, 1.165) is 16.6 Å². The molecule has 1 fully saturated rings. The summed E-state index contributed by atoms with van der Waals surface area (Å²) < 4.78 is 25.2. The van der Waals surface area contributed by atoms with Crippen LogP contribution in [0.1, 0.15) is 27.7 Å². The molecule has 120 valence electrons. The lowest BCUT2D eigenvalue weighted by Crippen LogP contribution is -2.41. The minimum atomic E-state index is -0.510. The first-order valence-corrected chi connectivity index (χ1v) is 7.84. The van der Waals surface area contributed by atoms with Gasteiger partial charge in [-0.15, -0.1) is 0 Å². The summed E-state index contributed by atoms with van der Waals surface area (Å²) >= 11 is 6.20. The molecule has 0 atom stereocenters. The fourth-order valence-corrected chi connectivity index (χ4v) is 2.62. The molecule has 0 unspecified atom stereocenters. The minimum absolute atomic E-state index is 0.292. The Bertz CT molecular complexity index is 718. The molecule has 1 saturated heterocycles. The molecule has 2 heterocycles. The first kappa shape index (κ1) is 16.4. The topological polar surface area (TPSA) is 31.4 Å². The summed E-state index contributed by atoms with van der Waals surface area (Å²) in [5.74, 6) is -0.292. The van der Waals surface area contributed by atoms with E-state index in [9.17, 15) is 4.39 Å². The van der Waals surface area contributed by atoms with Crippen molar-refractivity contribution >= 4 is 24.2 Å². The Hall–Kier alpha value is -1.43. The molecule has 1 aromatic carbocycles. The van der Waals surface area contributed by atoms with Crippen molar-refractivity contribution in [2.45, 2.75) is 38.9 Å². The van der Waals surface area contributed by atoms with E-state index in [1.165, 1.54) is 12.1 Å². The zero-order valence-corrected chi connectivity index (χ0v) is 14.3. The highest BCUT2D eigenvalue weighted by Gasteiger charge is 2.51. The van der Waals surface area contributed by atoms with Crippen LogP contribution in [0.2, 0.25) is 5.15 Å². The lowest BCUT2D eigenvalue weighted by Gasteiger charge is -2.32. The molecule has 1 aliphatic heterocycles. The maximum atomic E-state index is 13.1. The maximum Gasteiger partial charge on any atom is 0.496 e. The standard InChI is InChI=1S/C17H18BClFNO2/c1-16(2)17(3,4)23-18(22-16)12-9-14(15(19)21-10-12)11-5-7-13(20)8-6-11/h5-10H,1-4H3. The Labute approximate surface area is 140 Å². The van der Waals surface area contributed by atoms with E-state index < -0.39 is 18.3 Å². The highest BCUT2D eigenvalue weighted by molar-refractivity contribution is 6.62. The molecular weight excluding hydrogens is 315 g/mol. The number of aromatic nitrogens is 1. The zero-order chi connectivity index (χ0) is 16.8. The highest BCUT2D eigenvalue weighted by atomic mass is 35.5. The smallest absolute Gasteiger partial charge is 0.399 e. The quantitative estimate of drug-likeness (QED) is 0.618. The van der Waals surface area contributed by atoms with Crippen LogP contribution in [0.5, 0.6) is 0 Å². The van der Waals surface area contributed by atoms with Crippen LogP contribution < -0.4 is 5.46 Å². The first-order chi connectivity index (χ1) is 10.7. The molecular formula is C17H18BClFNO2. The second kappa shape index (κ2) is 5.58. The van der Waals surface area contributed by atoms with E-state index in [1.54, 1.807) is 18.3 Å². The average Bonchev–Trinajstić information content (AvgIpc) is 2.69. The van der Waals surface area contributed by atoms with Gasteiger partial charge in [0, 0.05) is 17.2 Å². The third-order valence-electron chi connectivity index (χ3n) is 4.54. The van der Waals surface area contributed by atoms with Crippen molar-refractivity contribution in [3.63, 3.8) is 0 Å². The Kier molecular flexibility index (Phi) is 3.99. The van der Waals surface area contributed by atoms with Gasteiger partial charge in [0.25, 0.3) is 0 Å². The number of benzene rings is 1. The van der Waals surface area contributed by atoms with Crippen LogP contribution in [-0.2, 0) is 9.31 Å². The van der Waals surface area contributed by atoms with Gasteiger partial charge in [0.2, 0.25) is 0 Å². The van der Waals surface area contributed by atoms with E-state index in [1.807, 2.05) is 33.8 Å². The molecule has 1 aliphatic rings. The first-order valence-electron chi connectivity index (χ1n) is 7.47. The van der Waals surface area contributed by atoms with Crippen LogP contribution in [0.25, 0.3) is 11.1 Å². The summed E-state index contributed by atoms with van der Waals surface area (Å²) in [4.78, 5) is 4.23. The molecule has 6 heteroatoms. The van der Waals surface area contributed by atoms with Crippen molar-refractivity contribution < 1.29 is 13.7 Å². The molecule has 2 aromatic rings. The maximum absolute atomic E-state index is 13.1. The second-order valence-electron chi connectivity index (χ2n) is 6.70. The summed E-state index contributed by atoms with van der Waals surface area (Å²) in [6, 6.07) is 8.02. The monoisotopic (exact) mass is 333 g/mol. The Morgan fingerprint density at radius 3 is 2.17 bits per heavy atom. The van der Waals surface area contributed by atoms with Crippen LogP contribution in [0, 0.1) is 5.82 Å². The third-order valence-corrected chi connectivity index (χ3v) is 4.84. The largest absolute Gasteiger partial charge is 0.496 e. The van der Waals surface area contributed by atoms with Gasteiger partial charge >= 0.3 is 7.12 Å². The molecule has 3 nitrogen and oxygen atoms in total. The molecule has 0 amide bonds. The van der Waals surface area contributed by atoms with Crippen molar-refractivity contribution in [3.8, 4) is 11.1 Å². The number of rotatable bonds is 2. The highest BCUT2D eigenvalue weighted by Crippen LogP contribution is 2.37. The van der Waals surface area contributed by atoms with E-state index in [4.69, 9.17) is 20.9 Å². The Morgan fingerprint density at radius 2 is 1.61 bits per heavy atom. The van der Waals surface area contributed by atoms with E-state index >= 15 is 0 Å². The zero-order valence-electron chi connectivity index (χ0n) is 13.6. The molecule has 23 heavy (non-hydrogen) atoms. The van der Waals surface area contributed by atoms with E-state index in [0.29, 0.717) is 5.15 Å². The van der Waals surface area contributed by atoms with Gasteiger partial charge in [-0.05, 0) is 51.5 Å². The van der Waals surface area contributed by atoms with Gasteiger partial charge in [0.05, 0.1) is 11.2 Å². The van der Waals surface area contributed by atoms with Gasteiger partial charge in [-0.2, -0.15) is 0 Å². The van der Waals surface area contributed by atoms with Gasteiger partial charge in [-0.1, -0.05) is 23.7 Å². The number of halogens is 2. The van der Waals surface area contributed by atoms with Gasteiger partial charge in [-0.25, -0.2) is 9.37 Å². The SMILES string of the molecule is CC1(C)OB(c2cnc(Cl)c(-c3ccc(F)cc3)c2)OC1(C)C. The van der Waals surface area contributed by atoms with Crippen molar-refractivity contribution in [2.75, 3.05) is 0 Å². The lowest BCUT2D eigenvalue weighted by atomic mass is 9.79. The summed E-state index contributed by atoms with van der Waals surface area (Å²) in [6.45, 7) is 7.99. The number of hydrogen-bond acceptors (Lipinski definition) is 3. The Morgan fingerprint density at radius 1 is 1.04 bits per heavy atom. The van der Waals surface area contributed by atoms with Crippen molar-refractivity contribution in [1.82, 2.24) is 4.98 Å². The summed E-state index contributed by atoms with van der Waals surface area (Å²) in [5, 5.41) is 0.358. The number of nitrogens with zero attached hydrogens (tertiary/aromatic N) is 1. The van der Waals surface area contributed by atoms with Crippen LogP contribution in [-0.4, -0.2) is 23.3 Å². The van der Waals surface area contributed by atoms with Crippen LogP contribution in [0.3, 0.4) is 0 Å². The summed E-state index contributed by atoms with van der Waals surface area (Å²) in [7, 11) is -0.510. The third kappa shape index (κ3) is 3.01. The van der Waals surface area contributed by atoms with Crippen LogP contribution in [0.15, 0.2) is 36.5 Å². The Balaban J connectivity index is 1.97. The summed E-state index contributed by atoms with van der Waals surface area (Å²) in [6.07, 6.45) is 1.65. The number of hydrogen-bond donors (Lipinski definition) is 0. The molecule has 3 rings (SSSR count). The molecule has 1 aromatic heterocycles. The van der Waals surface area contributed by atoms with Gasteiger partial charge < -0.3 is 9.31 Å². The van der Waals surface area contributed by atoms with Crippen molar-refractivity contribution in [3.05, 3.63) is 47.5 Å². The minimum Gasteiger partial charge on any atom is -0.399 e. The van der Waals surface area contributed by atoms with Gasteiger partial charge in [0.1, 0.15) is 11.0 Å². The fourth-order valence-electron chi connectivity index (χ4n) is 2.40. The predicted octanol–water partition coefficient (Wildman–Crippen LogP) is 3.84. The normalized spacial score (nSPS) is 19.1. The van der Waals surface area contributed by atoms with Crippen LogP contribution >= 0.6 is 11.6 Å². The second-order valence-corrected chi connectivity index (χ2v) is 7.06. The van der Waals surface area contributed by atoms with Gasteiger partial charge in [-0.3, -0.25) is 0 Å². The summed E-state index contributed by atoms with van der Waals surface area (Å²) in [5.41, 5.74) is 1.45. The van der Waals surface area contributed by atoms with Gasteiger partial charge in [0.15, 0.2) is 0 Å². The average molecular weight is 334 g/mol. The van der Waals surface area contributed by atoms with Crippen molar-refractivity contribution in [1.29, 1.82) is 0 Å².